The van der Waals surface area contributed by atoms with Crippen LogP contribution in [0.3, 0.4) is 0 Å². The van der Waals surface area contributed by atoms with Crippen LogP contribution in [-0.4, -0.2) is 10.2 Å². The molecule has 0 bridgehead atoms. The molecule has 0 N–H and O–H groups in total. The van der Waals surface area contributed by atoms with Gasteiger partial charge >= 0.3 is 0 Å². The van der Waals surface area contributed by atoms with Crippen LogP contribution in [0.15, 0.2) is 40.0 Å². The Bertz CT molecular complexity index is 462. The van der Waals surface area contributed by atoms with Crippen LogP contribution in [0.2, 0.25) is 0 Å². The molecule has 0 radical (unpaired) electrons. The number of hydrogen-bond donors (Lipinski definition) is 0. The minimum Gasteiger partial charge on any atom is -0.431 e. The van der Waals surface area contributed by atoms with Crippen LogP contribution in [0.1, 0.15) is 19.5 Å². The Balaban J connectivity index is 2.32. The third kappa shape index (κ3) is 2.47. The summed E-state index contributed by atoms with van der Waals surface area (Å²) in [6.45, 7) is 6.25. The third-order valence-corrected chi connectivity index (χ3v) is 3.00. The average Bonchev–Trinajstić information content (AvgIpc) is 2.60. The normalized spacial score (nSPS) is 11.0. The fraction of sp³-hybridized carbons (Fsp3) is 0.308. The van der Waals surface area contributed by atoms with Crippen molar-refractivity contribution in [2.75, 3.05) is 0 Å². The summed E-state index contributed by atoms with van der Waals surface area (Å²) in [5, 5.41) is 1.24. The van der Waals surface area contributed by atoms with E-state index in [1.807, 2.05) is 37.3 Å². The van der Waals surface area contributed by atoms with E-state index in [1.165, 1.54) is 0 Å². The van der Waals surface area contributed by atoms with Crippen molar-refractivity contribution in [2.24, 2.45) is 0 Å². The average molecular weight is 233 g/mol. The van der Waals surface area contributed by atoms with Crippen LogP contribution >= 0.6 is 11.8 Å². The smallest absolute Gasteiger partial charge is 0.256 e. The molecule has 0 unspecified atom stereocenters. The fourth-order valence-corrected chi connectivity index (χ4v) is 2.21. The van der Waals surface area contributed by atoms with Crippen LogP contribution < -0.4 is 0 Å². The summed E-state index contributed by atoms with van der Waals surface area (Å²) in [6, 6.07) is 10.1. The largest absolute Gasteiger partial charge is 0.431 e. The predicted octanol–water partition coefficient (Wildman–Crippen LogP) is 4.15. The predicted molar refractivity (Wildman–Crippen MR) is 67.7 cm³/mol. The van der Waals surface area contributed by atoms with Crippen LogP contribution in [0.4, 0.5) is 0 Å². The van der Waals surface area contributed by atoms with Gasteiger partial charge in [0, 0.05) is 10.8 Å². The van der Waals surface area contributed by atoms with Crippen molar-refractivity contribution in [2.45, 2.75) is 31.2 Å². The highest BCUT2D eigenvalue weighted by Crippen LogP contribution is 2.30. The van der Waals surface area contributed by atoms with Crippen molar-refractivity contribution in [1.29, 1.82) is 0 Å². The van der Waals surface area contributed by atoms with Crippen molar-refractivity contribution in [3.05, 3.63) is 36.0 Å². The molecule has 2 rings (SSSR count). The van der Waals surface area contributed by atoms with Gasteiger partial charge in [-0.25, -0.2) is 4.98 Å². The van der Waals surface area contributed by atoms with Crippen molar-refractivity contribution in [3.8, 4) is 11.3 Å². The molecule has 2 nitrogen and oxygen atoms in total. The summed E-state index contributed by atoms with van der Waals surface area (Å²) in [6.07, 6.45) is 0. The molecule has 0 aliphatic carbocycles. The molecule has 0 atom stereocenters. The highest BCUT2D eigenvalue weighted by atomic mass is 32.2. The Morgan fingerprint density at radius 3 is 2.50 bits per heavy atom. The molecular formula is C13H15NOS. The zero-order valence-electron chi connectivity index (χ0n) is 9.73. The lowest BCUT2D eigenvalue weighted by atomic mass is 10.1. The number of rotatable bonds is 3. The Morgan fingerprint density at radius 1 is 1.19 bits per heavy atom. The first-order valence-electron chi connectivity index (χ1n) is 5.36. The molecule has 16 heavy (non-hydrogen) atoms. The van der Waals surface area contributed by atoms with E-state index in [-0.39, 0.29) is 0 Å². The van der Waals surface area contributed by atoms with Crippen molar-refractivity contribution < 1.29 is 4.42 Å². The van der Waals surface area contributed by atoms with Gasteiger partial charge in [-0.05, 0) is 6.92 Å². The molecule has 0 spiro atoms. The number of nitrogens with zero attached hydrogens (tertiary/aromatic N) is 1. The Hall–Kier alpha value is -1.22. The lowest BCUT2D eigenvalue weighted by Gasteiger charge is -1.98. The lowest BCUT2D eigenvalue weighted by molar-refractivity contribution is 0.465. The van der Waals surface area contributed by atoms with Crippen LogP contribution in [-0.2, 0) is 0 Å². The number of oxazole rings is 1. The molecule has 0 aliphatic rings. The summed E-state index contributed by atoms with van der Waals surface area (Å²) in [5.74, 6) is 0.878. The zero-order valence-corrected chi connectivity index (χ0v) is 10.5. The fourth-order valence-electron chi connectivity index (χ4n) is 1.48. The Kier molecular flexibility index (Phi) is 3.34. The zero-order chi connectivity index (χ0) is 11.5. The molecule has 1 aromatic carbocycles. The van der Waals surface area contributed by atoms with Crippen molar-refractivity contribution in [1.82, 2.24) is 4.98 Å². The first-order chi connectivity index (χ1) is 7.66. The monoisotopic (exact) mass is 233 g/mol. The number of thioether (sulfide) groups is 1. The van der Waals surface area contributed by atoms with E-state index in [9.17, 15) is 0 Å². The van der Waals surface area contributed by atoms with E-state index in [2.05, 4.69) is 18.8 Å². The maximum Gasteiger partial charge on any atom is 0.256 e. The van der Waals surface area contributed by atoms with E-state index in [0.717, 1.165) is 22.2 Å². The minimum absolute atomic E-state index is 0.488. The highest BCUT2D eigenvalue weighted by Gasteiger charge is 2.12. The molecule has 2 aromatic rings. The van der Waals surface area contributed by atoms with Gasteiger partial charge in [-0.1, -0.05) is 55.9 Å². The molecule has 1 aromatic heterocycles. The van der Waals surface area contributed by atoms with Crippen molar-refractivity contribution >= 4 is 11.8 Å². The second kappa shape index (κ2) is 4.74. The molecule has 0 fully saturated rings. The highest BCUT2D eigenvalue weighted by molar-refractivity contribution is 7.99. The van der Waals surface area contributed by atoms with Crippen LogP contribution in [0.5, 0.6) is 0 Å². The van der Waals surface area contributed by atoms with Gasteiger partial charge in [0.1, 0.15) is 0 Å². The van der Waals surface area contributed by atoms with Crippen molar-refractivity contribution in [3.63, 3.8) is 0 Å². The standard InChI is InChI=1S/C13H15NOS/c1-9(2)16-13-14-10(3)12(15-13)11-7-5-4-6-8-11/h4-9H,1-3H3. The topological polar surface area (TPSA) is 26.0 Å². The van der Waals surface area contributed by atoms with Gasteiger partial charge in [0.25, 0.3) is 5.22 Å². The van der Waals surface area contributed by atoms with Gasteiger partial charge in [0.2, 0.25) is 0 Å². The van der Waals surface area contributed by atoms with Gasteiger partial charge in [-0.2, -0.15) is 0 Å². The summed E-state index contributed by atoms with van der Waals surface area (Å²) in [4.78, 5) is 4.42. The Morgan fingerprint density at radius 2 is 1.88 bits per heavy atom. The Labute approximate surface area is 100 Å². The molecule has 0 saturated carbocycles. The van der Waals surface area contributed by atoms with Gasteiger partial charge in [-0.3, -0.25) is 0 Å². The van der Waals surface area contributed by atoms with Crippen LogP contribution in [0, 0.1) is 6.92 Å². The first-order valence-corrected chi connectivity index (χ1v) is 6.24. The molecule has 3 heteroatoms. The maximum absolute atomic E-state index is 5.76. The van der Waals surface area contributed by atoms with E-state index in [4.69, 9.17) is 4.42 Å². The molecule has 84 valence electrons. The second-order valence-corrected chi connectivity index (χ2v) is 5.45. The third-order valence-electron chi connectivity index (χ3n) is 2.15. The minimum atomic E-state index is 0.488. The number of benzene rings is 1. The van der Waals surface area contributed by atoms with Crippen LogP contribution in [0.25, 0.3) is 11.3 Å². The van der Waals surface area contributed by atoms with Gasteiger partial charge in [0.15, 0.2) is 5.76 Å². The van der Waals surface area contributed by atoms with Gasteiger partial charge in [0.05, 0.1) is 5.69 Å². The van der Waals surface area contributed by atoms with E-state index in [0.29, 0.717) is 5.25 Å². The molecule has 0 saturated heterocycles. The summed E-state index contributed by atoms with van der Waals surface area (Å²) < 4.78 is 5.76. The van der Waals surface area contributed by atoms with E-state index in [1.54, 1.807) is 11.8 Å². The van der Waals surface area contributed by atoms with Gasteiger partial charge < -0.3 is 4.42 Å². The maximum atomic E-state index is 5.76. The second-order valence-electron chi connectivity index (χ2n) is 3.93. The molecular weight excluding hydrogens is 218 g/mol. The first kappa shape index (κ1) is 11.3. The molecule has 1 heterocycles. The number of aryl methyl sites for hydroxylation is 1. The quantitative estimate of drug-likeness (QED) is 0.745. The summed E-state index contributed by atoms with van der Waals surface area (Å²) in [7, 11) is 0. The molecule has 0 aliphatic heterocycles. The lowest BCUT2D eigenvalue weighted by Crippen LogP contribution is -1.85. The molecule has 0 amide bonds. The number of hydrogen-bond acceptors (Lipinski definition) is 3. The van der Waals surface area contributed by atoms with E-state index < -0.39 is 0 Å². The number of aromatic nitrogens is 1. The summed E-state index contributed by atoms with van der Waals surface area (Å²) >= 11 is 1.65. The van der Waals surface area contributed by atoms with E-state index >= 15 is 0 Å². The SMILES string of the molecule is Cc1nc(SC(C)C)oc1-c1ccccc1. The summed E-state index contributed by atoms with van der Waals surface area (Å²) in [5.41, 5.74) is 2.04. The van der Waals surface area contributed by atoms with Gasteiger partial charge in [-0.15, -0.1) is 0 Å².